The molecule has 2 heterocycles. The summed E-state index contributed by atoms with van der Waals surface area (Å²) in [4.78, 5) is 29.2. The van der Waals surface area contributed by atoms with Crippen LogP contribution in [0.2, 0.25) is 0 Å². The van der Waals surface area contributed by atoms with Crippen molar-refractivity contribution in [2.75, 3.05) is 18.4 Å². The van der Waals surface area contributed by atoms with Crippen LogP contribution < -0.4 is 16.2 Å². The number of benzene rings is 1. The lowest BCUT2D eigenvalue weighted by Crippen LogP contribution is -2.31. The van der Waals surface area contributed by atoms with Crippen molar-refractivity contribution in [1.82, 2.24) is 20.1 Å². The summed E-state index contributed by atoms with van der Waals surface area (Å²) in [6.07, 6.45) is -0.368. The van der Waals surface area contributed by atoms with Crippen LogP contribution in [-0.4, -0.2) is 33.8 Å². The molecule has 0 saturated carbocycles. The van der Waals surface area contributed by atoms with Crippen molar-refractivity contribution in [3.63, 3.8) is 0 Å². The van der Waals surface area contributed by atoms with Gasteiger partial charge in [-0.3, -0.25) is 9.59 Å². The van der Waals surface area contributed by atoms with E-state index in [1.165, 1.54) is 10.7 Å². The van der Waals surface area contributed by atoms with Gasteiger partial charge in [-0.2, -0.15) is 18.3 Å². The molecule has 0 aliphatic carbocycles. The number of rotatable bonds is 10. The molecule has 1 aromatic carbocycles. The van der Waals surface area contributed by atoms with Gasteiger partial charge < -0.3 is 10.6 Å². The molecule has 176 valence electrons. The fraction of sp³-hybridized carbons (Fsp3) is 0.391. The van der Waals surface area contributed by atoms with Crippen LogP contribution in [0.15, 0.2) is 47.4 Å². The lowest BCUT2D eigenvalue weighted by Gasteiger charge is -2.12. The third-order valence-corrected chi connectivity index (χ3v) is 5.09. The standard InChI is InChI=1S/C23H26F3N5O2/c1-2-3-6-14-31-22(33)18-9-5-4-8-17(18)20(30-31)21(32)28-13-7-12-27-19-11-10-16(15-29-19)23(24,25)26/h4-5,8-11,15H,2-3,6-7,12-14H2,1H3,(H,27,29)(H,28,32). The van der Waals surface area contributed by atoms with E-state index in [1.54, 1.807) is 24.3 Å². The number of pyridine rings is 1. The van der Waals surface area contributed by atoms with Gasteiger partial charge >= 0.3 is 6.18 Å². The van der Waals surface area contributed by atoms with Gasteiger partial charge in [-0.05, 0) is 31.0 Å². The van der Waals surface area contributed by atoms with Gasteiger partial charge in [0, 0.05) is 31.2 Å². The van der Waals surface area contributed by atoms with Gasteiger partial charge in [0.15, 0.2) is 5.69 Å². The molecule has 2 aromatic heterocycles. The number of carbonyl (C=O) groups is 1. The zero-order valence-electron chi connectivity index (χ0n) is 18.3. The van der Waals surface area contributed by atoms with Crippen molar-refractivity contribution in [2.45, 2.75) is 45.3 Å². The lowest BCUT2D eigenvalue weighted by atomic mass is 10.1. The highest BCUT2D eigenvalue weighted by atomic mass is 19.4. The molecular formula is C23H26F3N5O2. The van der Waals surface area contributed by atoms with Crippen LogP contribution in [-0.2, 0) is 12.7 Å². The number of aromatic nitrogens is 3. The van der Waals surface area contributed by atoms with Gasteiger partial charge in [0.1, 0.15) is 5.82 Å². The summed E-state index contributed by atoms with van der Waals surface area (Å²) in [6, 6.07) is 9.12. The number of nitrogens with zero attached hydrogens (tertiary/aromatic N) is 3. The number of alkyl halides is 3. The molecular weight excluding hydrogens is 435 g/mol. The van der Waals surface area contributed by atoms with Crippen molar-refractivity contribution < 1.29 is 18.0 Å². The summed E-state index contributed by atoms with van der Waals surface area (Å²) in [5.74, 6) is -0.0655. The Morgan fingerprint density at radius 2 is 1.79 bits per heavy atom. The van der Waals surface area contributed by atoms with E-state index in [1.807, 2.05) is 0 Å². The largest absolute Gasteiger partial charge is 0.417 e. The molecule has 10 heteroatoms. The fourth-order valence-corrected chi connectivity index (χ4v) is 3.32. The van der Waals surface area contributed by atoms with Crippen LogP contribution in [0.25, 0.3) is 10.8 Å². The molecule has 3 rings (SSSR count). The predicted molar refractivity (Wildman–Crippen MR) is 120 cm³/mol. The molecule has 0 atom stereocenters. The molecule has 0 unspecified atom stereocenters. The van der Waals surface area contributed by atoms with Crippen LogP contribution in [0.3, 0.4) is 0 Å². The first-order valence-corrected chi connectivity index (χ1v) is 10.9. The molecule has 3 aromatic rings. The number of unbranched alkanes of at least 4 members (excludes halogenated alkanes) is 2. The normalized spacial score (nSPS) is 11.5. The molecule has 33 heavy (non-hydrogen) atoms. The van der Waals surface area contributed by atoms with Crippen LogP contribution in [0, 0.1) is 0 Å². The third kappa shape index (κ3) is 6.30. The summed E-state index contributed by atoms with van der Waals surface area (Å²) in [5, 5.41) is 11.0. The van der Waals surface area contributed by atoms with E-state index in [2.05, 4.69) is 27.6 Å². The Kier molecular flexibility index (Phi) is 8.02. The SMILES string of the molecule is CCCCCn1nc(C(=O)NCCCNc2ccc(C(F)(F)F)cn2)c2ccccc2c1=O. The maximum absolute atomic E-state index is 12.8. The van der Waals surface area contributed by atoms with Gasteiger partial charge in [-0.15, -0.1) is 0 Å². The third-order valence-electron chi connectivity index (χ3n) is 5.09. The Bertz CT molecular complexity index is 1140. The Balaban J connectivity index is 1.59. The minimum Gasteiger partial charge on any atom is -0.370 e. The van der Waals surface area contributed by atoms with E-state index >= 15 is 0 Å². The predicted octanol–water partition coefficient (Wildman–Crippen LogP) is 4.23. The number of halogens is 3. The zero-order chi connectivity index (χ0) is 23.8. The van der Waals surface area contributed by atoms with Gasteiger partial charge in [0.05, 0.1) is 10.9 Å². The van der Waals surface area contributed by atoms with Crippen LogP contribution in [0.5, 0.6) is 0 Å². The summed E-state index contributed by atoms with van der Waals surface area (Å²) in [5.41, 5.74) is -0.832. The molecule has 1 amide bonds. The second-order valence-electron chi connectivity index (χ2n) is 7.60. The van der Waals surface area contributed by atoms with E-state index in [0.717, 1.165) is 31.5 Å². The lowest BCUT2D eigenvalue weighted by molar-refractivity contribution is -0.137. The van der Waals surface area contributed by atoms with E-state index in [4.69, 9.17) is 0 Å². The summed E-state index contributed by atoms with van der Waals surface area (Å²) < 4.78 is 39.1. The highest BCUT2D eigenvalue weighted by Crippen LogP contribution is 2.28. The second-order valence-corrected chi connectivity index (χ2v) is 7.60. The Morgan fingerprint density at radius 1 is 1.03 bits per heavy atom. The van der Waals surface area contributed by atoms with Crippen LogP contribution in [0.4, 0.5) is 19.0 Å². The van der Waals surface area contributed by atoms with Crippen molar-refractivity contribution in [1.29, 1.82) is 0 Å². The minimum atomic E-state index is -4.42. The highest BCUT2D eigenvalue weighted by molar-refractivity contribution is 6.04. The average molecular weight is 461 g/mol. The van der Waals surface area contributed by atoms with Crippen molar-refractivity contribution in [3.05, 3.63) is 64.2 Å². The first kappa shape index (κ1) is 24.2. The number of fused-ring (bicyclic) bond motifs is 1. The average Bonchev–Trinajstić information content (AvgIpc) is 2.80. The van der Waals surface area contributed by atoms with Gasteiger partial charge in [0.2, 0.25) is 0 Å². The molecule has 0 aliphatic heterocycles. The molecule has 0 radical (unpaired) electrons. The van der Waals surface area contributed by atoms with Gasteiger partial charge in [-0.1, -0.05) is 38.0 Å². The van der Waals surface area contributed by atoms with Crippen molar-refractivity contribution in [2.24, 2.45) is 0 Å². The van der Waals surface area contributed by atoms with Gasteiger partial charge in [0.25, 0.3) is 11.5 Å². The number of aryl methyl sites for hydroxylation is 1. The number of hydrogen-bond donors (Lipinski definition) is 2. The summed E-state index contributed by atoms with van der Waals surface area (Å²) >= 11 is 0. The van der Waals surface area contributed by atoms with Gasteiger partial charge in [-0.25, -0.2) is 9.67 Å². The monoisotopic (exact) mass is 461 g/mol. The molecule has 0 fully saturated rings. The summed E-state index contributed by atoms with van der Waals surface area (Å²) in [7, 11) is 0. The Morgan fingerprint density at radius 3 is 2.45 bits per heavy atom. The highest BCUT2D eigenvalue weighted by Gasteiger charge is 2.30. The Hall–Kier alpha value is -3.43. The van der Waals surface area contributed by atoms with Crippen LogP contribution >= 0.6 is 0 Å². The second kappa shape index (κ2) is 10.9. The maximum Gasteiger partial charge on any atom is 0.417 e. The first-order chi connectivity index (χ1) is 15.8. The van der Waals surface area contributed by atoms with E-state index in [-0.39, 0.29) is 17.2 Å². The molecule has 0 saturated heterocycles. The fourth-order valence-electron chi connectivity index (χ4n) is 3.32. The van der Waals surface area contributed by atoms with E-state index in [9.17, 15) is 22.8 Å². The maximum atomic E-state index is 12.8. The number of carbonyl (C=O) groups excluding carboxylic acids is 1. The summed E-state index contributed by atoms with van der Waals surface area (Å²) in [6.45, 7) is 3.24. The molecule has 2 N–H and O–H groups in total. The zero-order valence-corrected chi connectivity index (χ0v) is 18.3. The molecule has 7 nitrogen and oxygen atoms in total. The molecule has 0 bridgehead atoms. The molecule has 0 aliphatic rings. The number of nitrogens with one attached hydrogen (secondary N) is 2. The topological polar surface area (TPSA) is 88.9 Å². The van der Waals surface area contributed by atoms with E-state index in [0.29, 0.717) is 42.6 Å². The van der Waals surface area contributed by atoms with E-state index < -0.39 is 11.7 Å². The molecule has 0 spiro atoms. The first-order valence-electron chi connectivity index (χ1n) is 10.9. The van der Waals surface area contributed by atoms with Crippen LogP contribution in [0.1, 0.15) is 48.7 Å². The quantitative estimate of drug-likeness (QED) is 0.441. The minimum absolute atomic E-state index is 0.194. The number of hydrogen-bond acceptors (Lipinski definition) is 5. The smallest absolute Gasteiger partial charge is 0.370 e. The van der Waals surface area contributed by atoms with Crippen molar-refractivity contribution in [3.8, 4) is 0 Å². The number of anilines is 1. The Labute approximate surface area is 189 Å². The van der Waals surface area contributed by atoms with Crippen molar-refractivity contribution >= 4 is 22.5 Å². The number of amides is 1.